The molecule has 2 N–H and O–H groups in total. The van der Waals surface area contributed by atoms with Gasteiger partial charge < -0.3 is 10.6 Å². The van der Waals surface area contributed by atoms with Crippen LogP contribution in [0.2, 0.25) is 0 Å². The van der Waals surface area contributed by atoms with Crippen molar-refractivity contribution in [1.29, 1.82) is 0 Å². The highest BCUT2D eigenvalue weighted by Crippen LogP contribution is 2.00. The lowest BCUT2D eigenvalue weighted by Gasteiger charge is -2.07. The van der Waals surface area contributed by atoms with Crippen LogP contribution in [0.4, 0.5) is 0 Å². The molecule has 108 valence electrons. The zero-order chi connectivity index (χ0) is 14.9. The number of aliphatic imine (C=N–C) groups is 1. The summed E-state index contributed by atoms with van der Waals surface area (Å²) in [6.45, 7) is 4.61. The van der Waals surface area contributed by atoms with Gasteiger partial charge in [-0.2, -0.15) is 0 Å². The maximum atomic E-state index is 4.51. The van der Waals surface area contributed by atoms with Crippen LogP contribution in [-0.2, 0) is 6.54 Å². The lowest BCUT2D eigenvalue weighted by molar-refractivity contribution is 0.982. The highest BCUT2D eigenvalue weighted by molar-refractivity contribution is 5.93. The first-order chi connectivity index (χ1) is 10.2. The maximum Gasteiger partial charge on any atom is 0.0814 e. The van der Waals surface area contributed by atoms with Gasteiger partial charge in [0.25, 0.3) is 0 Å². The van der Waals surface area contributed by atoms with Crippen LogP contribution in [0.25, 0.3) is 0 Å². The third-order valence-corrected chi connectivity index (χ3v) is 2.83. The molecule has 1 aliphatic rings. The van der Waals surface area contributed by atoms with Crippen LogP contribution in [0.15, 0.2) is 77.5 Å². The first-order valence-electron chi connectivity index (χ1n) is 6.90. The number of dihydropyridines is 1. The van der Waals surface area contributed by atoms with Gasteiger partial charge in [-0.1, -0.05) is 12.1 Å². The number of nitrogens with zero attached hydrogens (tertiary/aromatic N) is 2. The molecule has 0 bridgehead atoms. The van der Waals surface area contributed by atoms with E-state index in [2.05, 4.69) is 20.6 Å². The summed E-state index contributed by atoms with van der Waals surface area (Å²) in [4.78, 5) is 8.76. The molecule has 2 heterocycles. The number of aromatic nitrogens is 1. The second kappa shape index (κ2) is 7.85. The highest BCUT2D eigenvalue weighted by Gasteiger charge is 1.94. The minimum Gasteiger partial charge on any atom is -0.363 e. The van der Waals surface area contributed by atoms with Crippen molar-refractivity contribution in [3.8, 4) is 0 Å². The summed E-state index contributed by atoms with van der Waals surface area (Å²) in [5.74, 6) is 0. The van der Waals surface area contributed by atoms with E-state index in [-0.39, 0.29) is 0 Å². The van der Waals surface area contributed by atoms with Gasteiger partial charge in [0.1, 0.15) is 0 Å². The van der Waals surface area contributed by atoms with Crippen molar-refractivity contribution >= 4 is 5.71 Å². The van der Waals surface area contributed by atoms with Crippen LogP contribution in [0, 0.1) is 0 Å². The third kappa shape index (κ3) is 5.48. The molecule has 0 unspecified atom stereocenters. The van der Waals surface area contributed by atoms with Crippen LogP contribution >= 0.6 is 0 Å². The fraction of sp³-hybridized carbons (Fsp3) is 0.176. The minimum atomic E-state index is 0.604. The molecule has 21 heavy (non-hydrogen) atoms. The fourth-order valence-electron chi connectivity index (χ4n) is 1.79. The van der Waals surface area contributed by atoms with Crippen molar-refractivity contribution in [3.63, 3.8) is 0 Å². The molecule has 0 aromatic carbocycles. The Morgan fingerprint density at radius 2 is 2.24 bits per heavy atom. The topological polar surface area (TPSA) is 49.3 Å². The lowest BCUT2D eigenvalue weighted by atomic mass is 10.3. The van der Waals surface area contributed by atoms with Crippen LogP contribution in [0.1, 0.15) is 19.5 Å². The average molecular weight is 280 g/mol. The molecule has 1 aliphatic heterocycles. The number of rotatable bonds is 5. The fourth-order valence-corrected chi connectivity index (χ4v) is 1.79. The van der Waals surface area contributed by atoms with Gasteiger partial charge >= 0.3 is 0 Å². The second-order valence-corrected chi connectivity index (χ2v) is 4.71. The number of pyridine rings is 1. The van der Waals surface area contributed by atoms with Crippen LogP contribution in [-0.4, -0.2) is 10.7 Å². The van der Waals surface area contributed by atoms with Crippen LogP contribution in [0.5, 0.6) is 0 Å². The first kappa shape index (κ1) is 14.8. The largest absolute Gasteiger partial charge is 0.363 e. The first-order valence-corrected chi connectivity index (χ1v) is 6.90. The van der Waals surface area contributed by atoms with E-state index in [1.165, 1.54) is 0 Å². The summed E-state index contributed by atoms with van der Waals surface area (Å²) in [7, 11) is 0. The van der Waals surface area contributed by atoms with Crippen molar-refractivity contribution in [1.82, 2.24) is 15.6 Å². The van der Waals surface area contributed by atoms with E-state index in [0.29, 0.717) is 6.54 Å². The smallest absolute Gasteiger partial charge is 0.0814 e. The van der Waals surface area contributed by atoms with Gasteiger partial charge in [0, 0.05) is 30.0 Å². The van der Waals surface area contributed by atoms with Gasteiger partial charge in [0.05, 0.1) is 17.9 Å². The summed E-state index contributed by atoms with van der Waals surface area (Å²) in [6, 6.07) is 5.86. The van der Waals surface area contributed by atoms with Gasteiger partial charge in [-0.25, -0.2) is 0 Å². The molecule has 0 saturated heterocycles. The summed E-state index contributed by atoms with van der Waals surface area (Å²) < 4.78 is 0. The summed E-state index contributed by atoms with van der Waals surface area (Å²) in [5, 5.41) is 6.38. The van der Waals surface area contributed by atoms with E-state index < -0.39 is 0 Å². The summed E-state index contributed by atoms with van der Waals surface area (Å²) in [5.41, 5.74) is 4.00. The third-order valence-electron chi connectivity index (χ3n) is 2.83. The van der Waals surface area contributed by atoms with E-state index in [0.717, 1.165) is 22.8 Å². The standard InChI is InChI=1S/C17H20N4/c1-14(20-12-16-7-3-5-9-18-16)11-15(2)21-13-17-8-4-6-10-19-17/h3-12,18,20H,13H2,1-2H3/b14-11-,16-12-,21-15?. The number of nitrogens with one attached hydrogen (secondary N) is 2. The van der Waals surface area contributed by atoms with E-state index in [9.17, 15) is 0 Å². The molecule has 0 atom stereocenters. The van der Waals surface area contributed by atoms with Gasteiger partial charge in [0.2, 0.25) is 0 Å². The molecule has 0 saturated carbocycles. The molecule has 0 fully saturated rings. The van der Waals surface area contributed by atoms with Crippen molar-refractivity contribution in [3.05, 3.63) is 78.2 Å². The van der Waals surface area contributed by atoms with Crippen LogP contribution < -0.4 is 10.6 Å². The SMILES string of the molecule is CC(/C=C(/C)N/C=C1/C=CC=CN1)=NCc1ccccn1. The maximum absolute atomic E-state index is 4.51. The molecular formula is C17H20N4. The molecule has 0 radical (unpaired) electrons. The zero-order valence-corrected chi connectivity index (χ0v) is 12.4. The highest BCUT2D eigenvalue weighted by atomic mass is 14.9. The predicted octanol–water partition coefficient (Wildman–Crippen LogP) is 3.05. The quantitative estimate of drug-likeness (QED) is 0.815. The normalized spacial score (nSPS) is 17.0. The number of hydrogen-bond donors (Lipinski definition) is 2. The van der Waals surface area contributed by atoms with E-state index in [1.807, 2.05) is 68.8 Å². The average Bonchev–Trinajstić information content (AvgIpc) is 2.53. The molecular weight excluding hydrogens is 260 g/mol. The van der Waals surface area contributed by atoms with E-state index in [1.54, 1.807) is 6.20 Å². The van der Waals surface area contributed by atoms with E-state index >= 15 is 0 Å². The second-order valence-electron chi connectivity index (χ2n) is 4.71. The van der Waals surface area contributed by atoms with Gasteiger partial charge in [-0.3, -0.25) is 9.98 Å². The molecule has 2 rings (SSSR count). The Morgan fingerprint density at radius 3 is 2.95 bits per heavy atom. The molecule has 4 nitrogen and oxygen atoms in total. The van der Waals surface area contributed by atoms with Crippen LogP contribution in [0.3, 0.4) is 0 Å². The Morgan fingerprint density at radius 1 is 1.33 bits per heavy atom. The summed E-state index contributed by atoms with van der Waals surface area (Å²) >= 11 is 0. The monoisotopic (exact) mass is 280 g/mol. The molecule has 1 aromatic rings. The van der Waals surface area contributed by atoms with Gasteiger partial charge in [0.15, 0.2) is 0 Å². The Hall–Kier alpha value is -2.62. The Kier molecular flexibility index (Phi) is 5.52. The zero-order valence-electron chi connectivity index (χ0n) is 12.4. The lowest BCUT2D eigenvalue weighted by Crippen LogP contribution is -2.11. The van der Waals surface area contributed by atoms with E-state index in [4.69, 9.17) is 0 Å². The van der Waals surface area contributed by atoms with Gasteiger partial charge in [-0.05, 0) is 44.2 Å². The predicted molar refractivity (Wildman–Crippen MR) is 87.4 cm³/mol. The Labute approximate surface area is 125 Å². The van der Waals surface area contributed by atoms with Gasteiger partial charge in [-0.15, -0.1) is 0 Å². The Balaban J connectivity index is 1.88. The minimum absolute atomic E-state index is 0.604. The summed E-state index contributed by atoms with van der Waals surface area (Å²) in [6.07, 6.45) is 13.6. The van der Waals surface area contributed by atoms with Crippen molar-refractivity contribution in [2.75, 3.05) is 0 Å². The Bertz CT molecular complexity index is 607. The van der Waals surface area contributed by atoms with Crippen molar-refractivity contribution < 1.29 is 0 Å². The molecule has 0 aliphatic carbocycles. The van der Waals surface area contributed by atoms with Crippen molar-refractivity contribution in [2.45, 2.75) is 20.4 Å². The van der Waals surface area contributed by atoms with Crippen molar-refractivity contribution in [2.24, 2.45) is 4.99 Å². The molecule has 0 amide bonds. The molecule has 4 heteroatoms. The molecule has 1 aromatic heterocycles. The number of allylic oxidation sites excluding steroid dienone is 5. The number of hydrogen-bond acceptors (Lipinski definition) is 4. The molecule has 0 spiro atoms.